The smallest absolute Gasteiger partial charge is 0.338 e. The largest absolute Gasteiger partial charge is 0.462 e. The molecule has 0 aliphatic carbocycles. The molecule has 0 saturated heterocycles. The summed E-state index contributed by atoms with van der Waals surface area (Å²) in [7, 11) is 0. The summed E-state index contributed by atoms with van der Waals surface area (Å²) >= 11 is 1.30. The quantitative estimate of drug-likeness (QED) is 0.349. The molecule has 4 aromatic rings. The van der Waals surface area contributed by atoms with Crippen molar-refractivity contribution in [2.75, 3.05) is 17.7 Å². The van der Waals surface area contributed by atoms with Gasteiger partial charge >= 0.3 is 5.97 Å². The van der Waals surface area contributed by atoms with Gasteiger partial charge in [-0.1, -0.05) is 36.9 Å². The monoisotopic (exact) mass is 435 g/mol. The van der Waals surface area contributed by atoms with Crippen molar-refractivity contribution in [3.63, 3.8) is 0 Å². The average Bonchev–Trinajstić information content (AvgIpc) is 3.22. The first-order valence-corrected chi connectivity index (χ1v) is 10.9. The molecule has 0 unspecified atom stereocenters. The predicted octanol–water partition coefficient (Wildman–Crippen LogP) is 3.75. The van der Waals surface area contributed by atoms with Crippen LogP contribution in [0.25, 0.3) is 16.7 Å². The Kier molecular flexibility index (Phi) is 6.13. The zero-order chi connectivity index (χ0) is 21.8. The fourth-order valence-electron chi connectivity index (χ4n) is 3.21. The molecule has 0 bridgehead atoms. The lowest BCUT2D eigenvalue weighted by molar-refractivity contribution is -0.113. The van der Waals surface area contributed by atoms with Gasteiger partial charge < -0.3 is 10.1 Å². The number of carbonyl (C=O) groups is 2. The van der Waals surface area contributed by atoms with Crippen LogP contribution in [0.2, 0.25) is 0 Å². The number of nitrogens with one attached hydrogen (secondary N) is 1. The number of rotatable bonds is 7. The average molecular weight is 436 g/mol. The lowest BCUT2D eigenvalue weighted by atomic mass is 10.2. The van der Waals surface area contributed by atoms with Crippen molar-refractivity contribution in [1.82, 2.24) is 19.6 Å². The molecule has 0 aliphatic heterocycles. The SMILES string of the molecule is CCOC(=O)c1cccc(NC(=O)CSc2nc3ccccc3n3c(CC)nnc23)c1. The van der Waals surface area contributed by atoms with Crippen LogP contribution in [0.1, 0.15) is 30.0 Å². The number of nitrogens with zero attached hydrogens (tertiary/aromatic N) is 4. The minimum atomic E-state index is -0.422. The Morgan fingerprint density at radius 2 is 1.94 bits per heavy atom. The van der Waals surface area contributed by atoms with Gasteiger partial charge in [0, 0.05) is 12.1 Å². The molecule has 9 heteroatoms. The number of thioether (sulfide) groups is 1. The van der Waals surface area contributed by atoms with Crippen LogP contribution in [0.3, 0.4) is 0 Å². The standard InChI is InChI=1S/C22H21N5O3S/c1-3-18-25-26-20-21(24-16-10-5-6-11-17(16)27(18)20)31-13-19(28)23-15-9-7-8-14(12-15)22(29)30-4-2/h5-12H,3-4,13H2,1-2H3,(H,23,28). The molecule has 8 nitrogen and oxygen atoms in total. The Morgan fingerprint density at radius 3 is 2.74 bits per heavy atom. The molecule has 0 spiro atoms. The first-order chi connectivity index (χ1) is 15.1. The first-order valence-electron chi connectivity index (χ1n) is 9.93. The molecule has 0 aliphatic rings. The Hall–Kier alpha value is -3.46. The van der Waals surface area contributed by atoms with Crippen molar-refractivity contribution >= 4 is 46.0 Å². The number of aromatic nitrogens is 4. The van der Waals surface area contributed by atoms with E-state index in [1.54, 1.807) is 31.2 Å². The molecular weight excluding hydrogens is 414 g/mol. The van der Waals surface area contributed by atoms with Crippen molar-refractivity contribution in [3.05, 3.63) is 59.9 Å². The zero-order valence-electron chi connectivity index (χ0n) is 17.2. The van der Waals surface area contributed by atoms with Gasteiger partial charge in [0.1, 0.15) is 10.9 Å². The summed E-state index contributed by atoms with van der Waals surface area (Å²) in [5.74, 6) is 0.346. The van der Waals surface area contributed by atoms with Gasteiger partial charge in [-0.2, -0.15) is 0 Å². The van der Waals surface area contributed by atoms with Crippen molar-refractivity contribution < 1.29 is 14.3 Å². The van der Waals surface area contributed by atoms with Crippen molar-refractivity contribution in [1.29, 1.82) is 0 Å². The van der Waals surface area contributed by atoms with Crippen LogP contribution in [0.5, 0.6) is 0 Å². The van der Waals surface area contributed by atoms with Gasteiger partial charge in [-0.3, -0.25) is 9.20 Å². The van der Waals surface area contributed by atoms with E-state index in [2.05, 4.69) is 20.5 Å². The summed E-state index contributed by atoms with van der Waals surface area (Å²) in [5, 5.41) is 12.0. The molecule has 158 valence electrons. The maximum absolute atomic E-state index is 12.5. The van der Waals surface area contributed by atoms with Gasteiger partial charge in [-0.15, -0.1) is 10.2 Å². The van der Waals surface area contributed by atoms with Crippen LogP contribution in [0.15, 0.2) is 53.6 Å². The molecule has 31 heavy (non-hydrogen) atoms. The highest BCUT2D eigenvalue weighted by Gasteiger charge is 2.16. The van der Waals surface area contributed by atoms with E-state index in [0.29, 0.717) is 28.5 Å². The molecule has 2 aromatic carbocycles. The van der Waals surface area contributed by atoms with Gasteiger partial charge in [0.15, 0.2) is 5.65 Å². The minimum absolute atomic E-state index is 0.138. The molecule has 0 radical (unpaired) electrons. The number of para-hydroxylation sites is 2. The second-order valence-electron chi connectivity index (χ2n) is 6.67. The number of amides is 1. The third-order valence-electron chi connectivity index (χ3n) is 4.58. The van der Waals surface area contributed by atoms with Crippen molar-refractivity contribution in [3.8, 4) is 0 Å². The van der Waals surface area contributed by atoms with E-state index < -0.39 is 5.97 Å². The molecule has 4 rings (SSSR count). The Morgan fingerprint density at radius 1 is 1.10 bits per heavy atom. The van der Waals surface area contributed by atoms with Crippen LogP contribution in [-0.2, 0) is 16.0 Å². The van der Waals surface area contributed by atoms with E-state index >= 15 is 0 Å². The summed E-state index contributed by atoms with van der Waals surface area (Å²) in [6, 6.07) is 14.5. The maximum atomic E-state index is 12.5. The fraction of sp³-hybridized carbons (Fsp3) is 0.227. The Labute approximate surface area is 183 Å². The van der Waals surface area contributed by atoms with Crippen LogP contribution in [-0.4, -0.2) is 43.8 Å². The maximum Gasteiger partial charge on any atom is 0.338 e. The number of esters is 1. The molecule has 0 fully saturated rings. The number of hydrogen-bond acceptors (Lipinski definition) is 7. The topological polar surface area (TPSA) is 98.5 Å². The predicted molar refractivity (Wildman–Crippen MR) is 119 cm³/mol. The van der Waals surface area contributed by atoms with E-state index in [1.807, 2.05) is 35.6 Å². The second-order valence-corrected chi connectivity index (χ2v) is 7.64. The Balaban J connectivity index is 1.53. The zero-order valence-corrected chi connectivity index (χ0v) is 18.0. The fourth-order valence-corrected chi connectivity index (χ4v) is 3.97. The number of hydrogen-bond donors (Lipinski definition) is 1. The number of anilines is 1. The third kappa shape index (κ3) is 4.36. The molecule has 1 N–H and O–H groups in total. The lowest BCUT2D eigenvalue weighted by Crippen LogP contribution is -2.15. The summed E-state index contributed by atoms with van der Waals surface area (Å²) < 4.78 is 6.99. The molecule has 0 atom stereocenters. The van der Waals surface area contributed by atoms with E-state index in [-0.39, 0.29) is 11.7 Å². The molecular formula is C22H21N5O3S. The van der Waals surface area contributed by atoms with Gasteiger partial charge in [-0.25, -0.2) is 9.78 Å². The number of fused-ring (bicyclic) bond motifs is 3. The first kappa shape index (κ1) is 20.8. The van der Waals surface area contributed by atoms with Gasteiger partial charge in [0.25, 0.3) is 0 Å². The van der Waals surface area contributed by atoms with Gasteiger partial charge in [0.05, 0.1) is 29.0 Å². The van der Waals surface area contributed by atoms with E-state index in [4.69, 9.17) is 4.74 Å². The van der Waals surface area contributed by atoms with Gasteiger partial charge in [-0.05, 0) is 37.3 Å². The molecule has 0 saturated carbocycles. The van der Waals surface area contributed by atoms with Crippen LogP contribution < -0.4 is 5.32 Å². The van der Waals surface area contributed by atoms with E-state index in [0.717, 1.165) is 23.3 Å². The van der Waals surface area contributed by atoms with Crippen LogP contribution >= 0.6 is 11.8 Å². The molecule has 1 amide bonds. The minimum Gasteiger partial charge on any atom is -0.462 e. The number of aryl methyl sites for hydroxylation is 1. The van der Waals surface area contributed by atoms with Crippen LogP contribution in [0.4, 0.5) is 5.69 Å². The highest BCUT2D eigenvalue weighted by molar-refractivity contribution is 8.00. The third-order valence-corrected chi connectivity index (χ3v) is 5.53. The lowest BCUT2D eigenvalue weighted by Gasteiger charge is -2.09. The van der Waals surface area contributed by atoms with Crippen molar-refractivity contribution in [2.45, 2.75) is 25.3 Å². The molecule has 2 heterocycles. The second kappa shape index (κ2) is 9.13. The molecule has 2 aromatic heterocycles. The van der Waals surface area contributed by atoms with E-state index in [1.165, 1.54) is 11.8 Å². The summed E-state index contributed by atoms with van der Waals surface area (Å²) in [5.41, 5.74) is 3.31. The van der Waals surface area contributed by atoms with Crippen molar-refractivity contribution in [2.24, 2.45) is 0 Å². The number of benzene rings is 2. The van der Waals surface area contributed by atoms with E-state index in [9.17, 15) is 9.59 Å². The highest BCUT2D eigenvalue weighted by Crippen LogP contribution is 2.26. The highest BCUT2D eigenvalue weighted by atomic mass is 32.2. The number of ether oxygens (including phenoxy) is 1. The number of carbonyl (C=O) groups excluding carboxylic acids is 2. The Bertz CT molecular complexity index is 1270. The summed E-state index contributed by atoms with van der Waals surface area (Å²) in [6.45, 7) is 4.06. The normalized spacial score (nSPS) is 11.0. The summed E-state index contributed by atoms with van der Waals surface area (Å²) in [6.07, 6.45) is 0.733. The van der Waals surface area contributed by atoms with Crippen LogP contribution in [0, 0.1) is 0 Å². The van der Waals surface area contributed by atoms with Gasteiger partial charge in [0.2, 0.25) is 5.91 Å². The summed E-state index contributed by atoms with van der Waals surface area (Å²) in [4.78, 5) is 29.1.